The Morgan fingerprint density at radius 3 is 2.52 bits per heavy atom. The highest BCUT2D eigenvalue weighted by molar-refractivity contribution is 7.91. The summed E-state index contributed by atoms with van der Waals surface area (Å²) in [6.07, 6.45) is 0.694. The summed E-state index contributed by atoms with van der Waals surface area (Å²) in [5.74, 6) is -0.962. The molecule has 25 heavy (non-hydrogen) atoms. The van der Waals surface area contributed by atoms with Crippen LogP contribution in [0.3, 0.4) is 0 Å². The Hall–Kier alpha value is -1.97. The lowest BCUT2D eigenvalue weighted by Gasteiger charge is -2.27. The maximum atomic E-state index is 12.2. The van der Waals surface area contributed by atoms with Crippen LogP contribution in [-0.2, 0) is 24.2 Å². The van der Waals surface area contributed by atoms with Crippen molar-refractivity contribution in [3.8, 4) is 0 Å². The minimum absolute atomic E-state index is 0.0358. The summed E-state index contributed by atoms with van der Waals surface area (Å²) in [6, 6.07) is -0.495. The quantitative estimate of drug-likeness (QED) is 0.581. The van der Waals surface area contributed by atoms with Crippen molar-refractivity contribution in [2.75, 3.05) is 24.6 Å². The molecule has 0 aromatic carbocycles. The zero-order chi connectivity index (χ0) is 18.6. The third-order valence-electron chi connectivity index (χ3n) is 4.11. The van der Waals surface area contributed by atoms with Crippen molar-refractivity contribution < 1.29 is 22.8 Å². The number of hydrogen-bond acceptors (Lipinski definition) is 6. The van der Waals surface area contributed by atoms with Gasteiger partial charge in [0.1, 0.15) is 5.71 Å². The fourth-order valence-corrected chi connectivity index (χ4v) is 4.35. The van der Waals surface area contributed by atoms with Gasteiger partial charge in [0.25, 0.3) is 5.91 Å². The number of hydrazone groups is 1. The average molecular weight is 372 g/mol. The van der Waals surface area contributed by atoms with Crippen molar-refractivity contribution in [3.05, 3.63) is 0 Å². The molecule has 2 aliphatic heterocycles. The van der Waals surface area contributed by atoms with Crippen LogP contribution in [0.4, 0.5) is 0 Å². The van der Waals surface area contributed by atoms with Gasteiger partial charge in [-0.1, -0.05) is 13.8 Å². The minimum atomic E-state index is -3.14. The summed E-state index contributed by atoms with van der Waals surface area (Å²) in [6.45, 7) is 4.11. The molecule has 1 saturated heterocycles. The monoisotopic (exact) mass is 372 g/mol. The predicted molar refractivity (Wildman–Crippen MR) is 91.4 cm³/mol. The third kappa shape index (κ3) is 5.25. The van der Waals surface area contributed by atoms with Gasteiger partial charge in [-0.2, -0.15) is 5.10 Å². The number of hydrogen-bond donors (Lipinski definition) is 2. The molecule has 1 atom stereocenters. The Bertz CT molecular complexity index is 686. The van der Waals surface area contributed by atoms with E-state index in [-0.39, 0.29) is 54.3 Å². The first-order chi connectivity index (χ1) is 11.7. The minimum Gasteiger partial charge on any atom is -0.354 e. The molecule has 9 nitrogen and oxygen atoms in total. The van der Waals surface area contributed by atoms with Gasteiger partial charge in [-0.05, 0) is 6.42 Å². The predicted octanol–water partition coefficient (Wildman–Crippen LogP) is -0.960. The molecular weight excluding hydrogens is 348 g/mol. The molecule has 2 rings (SSSR count). The first-order valence-electron chi connectivity index (χ1n) is 8.35. The Labute approximate surface area is 147 Å². The number of carbonyl (C=O) groups excluding carboxylic acids is 3. The van der Waals surface area contributed by atoms with Crippen LogP contribution in [0.1, 0.15) is 33.1 Å². The van der Waals surface area contributed by atoms with Gasteiger partial charge < -0.3 is 10.6 Å². The first kappa shape index (κ1) is 19.4. The fourth-order valence-electron chi connectivity index (χ4n) is 2.66. The molecule has 0 aliphatic carbocycles. The molecule has 3 amide bonds. The van der Waals surface area contributed by atoms with Gasteiger partial charge in [0.2, 0.25) is 11.8 Å². The Kier molecular flexibility index (Phi) is 6.15. The molecule has 0 bridgehead atoms. The van der Waals surface area contributed by atoms with E-state index in [0.717, 1.165) is 5.01 Å². The van der Waals surface area contributed by atoms with E-state index in [9.17, 15) is 22.8 Å². The topological polar surface area (TPSA) is 125 Å². The number of rotatable bonds is 6. The largest absolute Gasteiger partial charge is 0.354 e. The van der Waals surface area contributed by atoms with Crippen LogP contribution in [0.15, 0.2) is 5.10 Å². The third-order valence-corrected chi connectivity index (χ3v) is 5.86. The molecule has 2 aliphatic rings. The van der Waals surface area contributed by atoms with Crippen molar-refractivity contribution in [3.63, 3.8) is 0 Å². The van der Waals surface area contributed by atoms with Crippen LogP contribution >= 0.6 is 0 Å². The number of carbonyl (C=O) groups is 3. The zero-order valence-electron chi connectivity index (χ0n) is 14.4. The summed E-state index contributed by atoms with van der Waals surface area (Å²) < 4.78 is 23.2. The highest BCUT2D eigenvalue weighted by Crippen LogP contribution is 2.22. The Morgan fingerprint density at radius 1 is 1.24 bits per heavy atom. The second-order valence-corrected chi connectivity index (χ2v) is 8.77. The number of sulfone groups is 1. The van der Waals surface area contributed by atoms with Crippen LogP contribution in [0.5, 0.6) is 0 Å². The van der Waals surface area contributed by atoms with Gasteiger partial charge in [0.15, 0.2) is 9.84 Å². The van der Waals surface area contributed by atoms with Crippen LogP contribution in [0.25, 0.3) is 0 Å². The molecule has 140 valence electrons. The lowest BCUT2D eigenvalue weighted by Crippen LogP contribution is -2.45. The summed E-state index contributed by atoms with van der Waals surface area (Å²) >= 11 is 0. The van der Waals surface area contributed by atoms with E-state index in [1.807, 2.05) is 0 Å². The number of nitrogens with one attached hydrogen (secondary N) is 2. The molecule has 0 saturated carbocycles. The molecule has 0 aromatic heterocycles. The lowest BCUT2D eigenvalue weighted by molar-refractivity contribution is -0.133. The molecule has 2 N–H and O–H groups in total. The average Bonchev–Trinajstić information content (AvgIpc) is 2.91. The Balaban J connectivity index is 1.90. The van der Waals surface area contributed by atoms with Crippen molar-refractivity contribution in [1.29, 1.82) is 0 Å². The molecule has 1 fully saturated rings. The van der Waals surface area contributed by atoms with E-state index >= 15 is 0 Å². The van der Waals surface area contributed by atoms with Gasteiger partial charge in [-0.15, -0.1) is 0 Å². The second-order valence-electron chi connectivity index (χ2n) is 6.54. The first-order valence-corrected chi connectivity index (χ1v) is 10.2. The lowest BCUT2D eigenvalue weighted by atomic mass is 10.1. The molecule has 2 heterocycles. The summed E-state index contributed by atoms with van der Waals surface area (Å²) in [7, 11) is -3.14. The van der Waals surface area contributed by atoms with Gasteiger partial charge in [-0.25, -0.2) is 13.4 Å². The van der Waals surface area contributed by atoms with E-state index in [4.69, 9.17) is 0 Å². The van der Waals surface area contributed by atoms with Crippen LogP contribution in [0, 0.1) is 5.92 Å². The maximum Gasteiger partial charge on any atom is 0.267 e. The standard InChI is InChI=1S/C15H24N4O5S/c1-10(2)14(21)16-6-7-17-15(22)12-3-4-13(20)19(18-12)11-5-8-25(23,24)9-11/h10-11H,3-9H2,1-2H3,(H,16,21)(H,17,22)/t11-/m0/s1. The van der Waals surface area contributed by atoms with Gasteiger partial charge in [-0.3, -0.25) is 14.4 Å². The molecule has 0 spiro atoms. The summed E-state index contributed by atoms with van der Waals surface area (Å²) in [5, 5.41) is 10.6. The highest BCUT2D eigenvalue weighted by atomic mass is 32.2. The van der Waals surface area contributed by atoms with Crippen molar-refractivity contribution in [2.45, 2.75) is 39.2 Å². The van der Waals surface area contributed by atoms with Crippen LogP contribution in [0.2, 0.25) is 0 Å². The van der Waals surface area contributed by atoms with E-state index in [1.165, 1.54) is 0 Å². The van der Waals surface area contributed by atoms with E-state index in [2.05, 4.69) is 15.7 Å². The molecule has 0 radical (unpaired) electrons. The van der Waals surface area contributed by atoms with Gasteiger partial charge >= 0.3 is 0 Å². The van der Waals surface area contributed by atoms with E-state index in [1.54, 1.807) is 13.8 Å². The summed E-state index contributed by atoms with van der Waals surface area (Å²) in [5.41, 5.74) is 0.207. The normalized spacial score (nSPS) is 22.7. The van der Waals surface area contributed by atoms with Crippen molar-refractivity contribution in [2.24, 2.45) is 11.0 Å². The number of amides is 3. The van der Waals surface area contributed by atoms with E-state index < -0.39 is 21.8 Å². The van der Waals surface area contributed by atoms with Gasteiger partial charge in [0, 0.05) is 31.8 Å². The van der Waals surface area contributed by atoms with Gasteiger partial charge in [0.05, 0.1) is 17.5 Å². The smallest absolute Gasteiger partial charge is 0.267 e. The summed E-state index contributed by atoms with van der Waals surface area (Å²) in [4.78, 5) is 35.6. The molecule has 10 heteroatoms. The van der Waals surface area contributed by atoms with Crippen molar-refractivity contribution in [1.82, 2.24) is 15.6 Å². The SMILES string of the molecule is CC(C)C(=O)NCCNC(=O)C1=NN([C@H]2CCS(=O)(=O)C2)C(=O)CC1. The Morgan fingerprint density at radius 2 is 1.92 bits per heavy atom. The molecular formula is C15H24N4O5S. The zero-order valence-corrected chi connectivity index (χ0v) is 15.3. The van der Waals surface area contributed by atoms with Crippen LogP contribution < -0.4 is 10.6 Å². The molecule has 0 aromatic rings. The van der Waals surface area contributed by atoms with E-state index in [0.29, 0.717) is 13.0 Å². The maximum absolute atomic E-state index is 12.2. The number of nitrogens with zero attached hydrogens (tertiary/aromatic N) is 2. The molecule has 0 unspecified atom stereocenters. The second kappa shape index (κ2) is 7.94. The fraction of sp³-hybridized carbons (Fsp3) is 0.733. The van der Waals surface area contributed by atoms with Crippen molar-refractivity contribution >= 4 is 33.3 Å². The van der Waals surface area contributed by atoms with Crippen LogP contribution in [-0.4, -0.2) is 67.5 Å². The highest BCUT2D eigenvalue weighted by Gasteiger charge is 2.37.